The second-order valence-corrected chi connectivity index (χ2v) is 3.03. The standard InChI is InChI=1S/C9H14ClN/c1-3-11-5-4-9(7-10)6-8(11)2/h4-6,8H,3,7H2,1-2H3. The van der Waals surface area contributed by atoms with Gasteiger partial charge < -0.3 is 4.90 Å². The van der Waals surface area contributed by atoms with Gasteiger partial charge >= 0.3 is 0 Å². The van der Waals surface area contributed by atoms with Crippen molar-refractivity contribution in [3.05, 3.63) is 23.9 Å². The highest BCUT2D eigenvalue weighted by molar-refractivity contribution is 6.19. The number of hydrogen-bond donors (Lipinski definition) is 0. The van der Waals surface area contributed by atoms with Gasteiger partial charge in [-0.2, -0.15) is 0 Å². The molecule has 0 radical (unpaired) electrons. The molecule has 2 heteroatoms. The van der Waals surface area contributed by atoms with E-state index in [1.807, 2.05) is 0 Å². The van der Waals surface area contributed by atoms with Crippen molar-refractivity contribution in [2.75, 3.05) is 12.4 Å². The molecule has 11 heavy (non-hydrogen) atoms. The van der Waals surface area contributed by atoms with E-state index in [4.69, 9.17) is 11.6 Å². The number of halogens is 1. The summed E-state index contributed by atoms with van der Waals surface area (Å²) in [6.45, 7) is 5.39. The van der Waals surface area contributed by atoms with Crippen LogP contribution in [-0.2, 0) is 0 Å². The zero-order chi connectivity index (χ0) is 8.27. The van der Waals surface area contributed by atoms with Crippen molar-refractivity contribution in [2.45, 2.75) is 19.9 Å². The lowest BCUT2D eigenvalue weighted by atomic mass is 10.1. The van der Waals surface area contributed by atoms with Crippen LogP contribution in [0.15, 0.2) is 23.9 Å². The lowest BCUT2D eigenvalue weighted by Crippen LogP contribution is -2.28. The Hall–Kier alpha value is -0.430. The lowest BCUT2D eigenvalue weighted by Gasteiger charge is -2.27. The zero-order valence-corrected chi connectivity index (χ0v) is 7.80. The average molecular weight is 172 g/mol. The molecule has 0 saturated carbocycles. The predicted octanol–water partition coefficient (Wildman–Crippen LogP) is 2.39. The van der Waals surface area contributed by atoms with E-state index in [1.54, 1.807) is 0 Å². The Balaban J connectivity index is 2.63. The topological polar surface area (TPSA) is 3.24 Å². The molecule has 0 aromatic rings. The van der Waals surface area contributed by atoms with E-state index in [1.165, 1.54) is 5.57 Å². The highest BCUT2D eigenvalue weighted by Gasteiger charge is 2.09. The van der Waals surface area contributed by atoms with Gasteiger partial charge in [-0.05, 0) is 31.7 Å². The minimum atomic E-state index is 0.499. The molecule has 0 aromatic carbocycles. The third-order valence-corrected chi connectivity index (χ3v) is 2.29. The van der Waals surface area contributed by atoms with Crippen LogP contribution in [0.3, 0.4) is 0 Å². The smallest absolute Gasteiger partial charge is 0.0472 e. The van der Waals surface area contributed by atoms with Crippen LogP contribution in [0.2, 0.25) is 0 Å². The summed E-state index contributed by atoms with van der Waals surface area (Å²) in [5.74, 6) is 0.623. The Morgan fingerprint density at radius 2 is 2.36 bits per heavy atom. The van der Waals surface area contributed by atoms with Crippen LogP contribution in [0.4, 0.5) is 0 Å². The summed E-state index contributed by atoms with van der Waals surface area (Å²) in [5.41, 5.74) is 1.23. The number of likely N-dealkylation sites (N-methyl/N-ethyl adjacent to an activating group) is 1. The third-order valence-electron chi connectivity index (χ3n) is 1.98. The molecule has 1 aliphatic heterocycles. The molecule has 62 valence electrons. The zero-order valence-electron chi connectivity index (χ0n) is 7.05. The number of nitrogens with zero attached hydrogens (tertiary/aromatic N) is 1. The fourth-order valence-electron chi connectivity index (χ4n) is 1.27. The molecule has 0 aliphatic carbocycles. The van der Waals surface area contributed by atoms with Crippen LogP contribution in [0.25, 0.3) is 0 Å². The van der Waals surface area contributed by atoms with Gasteiger partial charge in [0.15, 0.2) is 0 Å². The predicted molar refractivity (Wildman–Crippen MR) is 49.8 cm³/mol. The molecular weight excluding hydrogens is 158 g/mol. The van der Waals surface area contributed by atoms with Gasteiger partial charge in [0, 0.05) is 18.5 Å². The number of alkyl halides is 1. The highest BCUT2D eigenvalue weighted by atomic mass is 35.5. The van der Waals surface area contributed by atoms with Gasteiger partial charge in [-0.25, -0.2) is 0 Å². The van der Waals surface area contributed by atoms with Crippen molar-refractivity contribution in [3.63, 3.8) is 0 Å². The summed E-state index contributed by atoms with van der Waals surface area (Å²) in [7, 11) is 0. The molecular formula is C9H14ClN. The molecule has 1 nitrogen and oxygen atoms in total. The van der Waals surface area contributed by atoms with Crippen LogP contribution in [0.1, 0.15) is 13.8 Å². The van der Waals surface area contributed by atoms with Gasteiger partial charge in [0.25, 0.3) is 0 Å². The van der Waals surface area contributed by atoms with Crippen molar-refractivity contribution < 1.29 is 0 Å². The van der Waals surface area contributed by atoms with Crippen LogP contribution < -0.4 is 0 Å². The molecule has 0 spiro atoms. The Labute approximate surface area is 73.3 Å². The average Bonchev–Trinajstić information content (AvgIpc) is 2.04. The van der Waals surface area contributed by atoms with E-state index < -0.39 is 0 Å². The van der Waals surface area contributed by atoms with Crippen molar-refractivity contribution in [1.29, 1.82) is 0 Å². The van der Waals surface area contributed by atoms with E-state index in [2.05, 4.69) is 37.1 Å². The Kier molecular flexibility index (Phi) is 3.01. The summed E-state index contributed by atoms with van der Waals surface area (Å²) in [5, 5.41) is 0. The summed E-state index contributed by atoms with van der Waals surface area (Å²) in [6.07, 6.45) is 6.40. The van der Waals surface area contributed by atoms with Crippen LogP contribution >= 0.6 is 11.6 Å². The molecule has 1 aliphatic rings. The molecule has 0 aromatic heterocycles. The molecule has 0 saturated heterocycles. The van der Waals surface area contributed by atoms with E-state index in [-0.39, 0.29) is 0 Å². The fraction of sp³-hybridized carbons (Fsp3) is 0.556. The highest BCUT2D eigenvalue weighted by Crippen LogP contribution is 2.13. The molecule has 1 unspecified atom stereocenters. The second kappa shape index (κ2) is 3.82. The van der Waals surface area contributed by atoms with Crippen molar-refractivity contribution in [1.82, 2.24) is 4.90 Å². The first-order valence-corrected chi connectivity index (χ1v) is 4.52. The van der Waals surface area contributed by atoms with E-state index in [0.29, 0.717) is 11.9 Å². The van der Waals surface area contributed by atoms with Crippen LogP contribution in [0.5, 0.6) is 0 Å². The summed E-state index contributed by atoms with van der Waals surface area (Å²) in [4.78, 5) is 2.27. The van der Waals surface area contributed by atoms with Crippen LogP contribution in [0, 0.1) is 0 Å². The van der Waals surface area contributed by atoms with Crippen LogP contribution in [-0.4, -0.2) is 23.4 Å². The lowest BCUT2D eigenvalue weighted by molar-refractivity contribution is 0.348. The SMILES string of the molecule is CCN1C=CC(CCl)=CC1C. The molecule has 0 N–H and O–H groups in total. The maximum atomic E-state index is 5.70. The molecule has 1 atom stereocenters. The van der Waals surface area contributed by atoms with Gasteiger partial charge in [-0.15, -0.1) is 11.6 Å². The largest absolute Gasteiger partial charge is 0.372 e. The summed E-state index contributed by atoms with van der Waals surface area (Å²) >= 11 is 5.70. The minimum Gasteiger partial charge on any atom is -0.372 e. The molecule has 1 heterocycles. The van der Waals surface area contributed by atoms with E-state index in [0.717, 1.165) is 6.54 Å². The van der Waals surface area contributed by atoms with Gasteiger partial charge in [-0.1, -0.05) is 6.08 Å². The molecule has 0 bridgehead atoms. The normalized spacial score (nSPS) is 23.7. The molecule has 0 amide bonds. The minimum absolute atomic E-state index is 0.499. The third kappa shape index (κ3) is 2.00. The first-order chi connectivity index (χ1) is 5.27. The fourth-order valence-corrected chi connectivity index (χ4v) is 1.45. The molecule has 0 fully saturated rings. The van der Waals surface area contributed by atoms with Gasteiger partial charge in [-0.3, -0.25) is 0 Å². The number of hydrogen-bond acceptors (Lipinski definition) is 1. The van der Waals surface area contributed by atoms with E-state index in [9.17, 15) is 0 Å². The Morgan fingerprint density at radius 3 is 2.82 bits per heavy atom. The van der Waals surface area contributed by atoms with Crippen molar-refractivity contribution in [3.8, 4) is 0 Å². The quantitative estimate of drug-likeness (QED) is 0.577. The maximum absolute atomic E-state index is 5.70. The van der Waals surface area contributed by atoms with Crippen molar-refractivity contribution in [2.24, 2.45) is 0 Å². The van der Waals surface area contributed by atoms with E-state index >= 15 is 0 Å². The number of rotatable bonds is 2. The summed E-state index contributed by atoms with van der Waals surface area (Å²) < 4.78 is 0. The van der Waals surface area contributed by atoms with Crippen molar-refractivity contribution >= 4 is 11.6 Å². The first-order valence-electron chi connectivity index (χ1n) is 3.98. The molecule has 1 rings (SSSR count). The first kappa shape index (κ1) is 8.66. The Bertz CT molecular complexity index is 184. The maximum Gasteiger partial charge on any atom is 0.0472 e. The Morgan fingerprint density at radius 1 is 1.64 bits per heavy atom. The summed E-state index contributed by atoms with van der Waals surface area (Å²) in [6, 6.07) is 0.499. The second-order valence-electron chi connectivity index (χ2n) is 2.76. The number of allylic oxidation sites excluding steroid dienone is 2. The van der Waals surface area contributed by atoms with Gasteiger partial charge in [0.1, 0.15) is 0 Å². The monoisotopic (exact) mass is 171 g/mol. The van der Waals surface area contributed by atoms with Gasteiger partial charge in [0.05, 0.1) is 0 Å². The van der Waals surface area contributed by atoms with Gasteiger partial charge in [0.2, 0.25) is 0 Å².